The molecule has 0 aliphatic rings. The molecule has 1 aromatic heterocycles. The van der Waals surface area contributed by atoms with Gasteiger partial charge in [-0.05, 0) is 19.1 Å². The van der Waals surface area contributed by atoms with Crippen LogP contribution in [-0.4, -0.2) is 17.1 Å². The third-order valence-corrected chi connectivity index (χ3v) is 2.19. The minimum Gasteiger partial charge on any atom is -0.493 e. The summed E-state index contributed by atoms with van der Waals surface area (Å²) < 4.78 is 10.8. The average Bonchev–Trinajstić information content (AvgIpc) is 2.73. The molecule has 16 heavy (non-hydrogen) atoms. The number of nitrogens with one attached hydrogen (secondary N) is 1. The molecule has 2 aromatic rings. The Bertz CT molecular complexity index is 466. The molecular weight excluding hydrogens is 204 g/mol. The summed E-state index contributed by atoms with van der Waals surface area (Å²) in [6.45, 7) is 2.37. The minimum atomic E-state index is 0.411. The highest BCUT2D eigenvalue weighted by molar-refractivity contribution is 5.39. The molecular formula is C12H14N2O2. The van der Waals surface area contributed by atoms with E-state index < -0.39 is 0 Å². The first-order valence-electron chi connectivity index (χ1n) is 5.06. The van der Waals surface area contributed by atoms with Crippen molar-refractivity contribution < 1.29 is 9.47 Å². The number of aromatic nitrogens is 2. The zero-order chi connectivity index (χ0) is 11.4. The third kappa shape index (κ3) is 2.34. The Hall–Kier alpha value is -1.97. The number of benzene rings is 1. The van der Waals surface area contributed by atoms with Gasteiger partial charge in [-0.1, -0.05) is 12.1 Å². The first kappa shape index (κ1) is 10.5. The molecule has 0 unspecified atom stereocenters. The highest BCUT2D eigenvalue weighted by Gasteiger charge is 2.04. The van der Waals surface area contributed by atoms with Crippen LogP contribution in [0.15, 0.2) is 30.5 Å². The van der Waals surface area contributed by atoms with Crippen molar-refractivity contribution >= 4 is 0 Å². The number of H-pyrrole nitrogens is 1. The van der Waals surface area contributed by atoms with Crippen molar-refractivity contribution in [2.24, 2.45) is 0 Å². The van der Waals surface area contributed by atoms with Crippen LogP contribution in [0, 0.1) is 6.92 Å². The van der Waals surface area contributed by atoms with Crippen LogP contribution in [-0.2, 0) is 6.61 Å². The van der Waals surface area contributed by atoms with Gasteiger partial charge in [0.05, 0.1) is 7.11 Å². The molecule has 0 aliphatic carbocycles. The number of rotatable bonds is 4. The van der Waals surface area contributed by atoms with Gasteiger partial charge in [0.25, 0.3) is 0 Å². The van der Waals surface area contributed by atoms with Gasteiger partial charge in [-0.15, -0.1) is 0 Å². The van der Waals surface area contributed by atoms with Gasteiger partial charge in [-0.25, -0.2) is 4.98 Å². The van der Waals surface area contributed by atoms with E-state index in [4.69, 9.17) is 9.47 Å². The second kappa shape index (κ2) is 4.70. The number of nitrogens with zero attached hydrogens (tertiary/aromatic N) is 1. The fourth-order valence-corrected chi connectivity index (χ4v) is 1.42. The van der Waals surface area contributed by atoms with Crippen LogP contribution in [0.2, 0.25) is 0 Å². The van der Waals surface area contributed by atoms with Gasteiger partial charge >= 0.3 is 0 Å². The van der Waals surface area contributed by atoms with Crippen molar-refractivity contribution in [2.75, 3.05) is 7.11 Å². The van der Waals surface area contributed by atoms with Gasteiger partial charge in [-0.3, -0.25) is 0 Å². The highest BCUT2D eigenvalue weighted by Crippen LogP contribution is 2.26. The van der Waals surface area contributed by atoms with Crippen molar-refractivity contribution in [1.29, 1.82) is 0 Å². The van der Waals surface area contributed by atoms with Gasteiger partial charge in [0.1, 0.15) is 12.4 Å². The third-order valence-electron chi connectivity index (χ3n) is 2.19. The Kier molecular flexibility index (Phi) is 3.10. The Morgan fingerprint density at radius 1 is 1.25 bits per heavy atom. The molecule has 1 N–H and O–H groups in total. The number of aryl methyl sites for hydroxylation is 1. The molecule has 1 heterocycles. The molecule has 4 nitrogen and oxygen atoms in total. The topological polar surface area (TPSA) is 47.1 Å². The first-order chi connectivity index (χ1) is 7.79. The molecule has 0 aliphatic heterocycles. The maximum atomic E-state index is 5.61. The van der Waals surface area contributed by atoms with Crippen LogP contribution in [0.4, 0.5) is 0 Å². The fourth-order valence-electron chi connectivity index (χ4n) is 1.42. The summed E-state index contributed by atoms with van der Waals surface area (Å²) in [6.07, 6.45) is 1.78. The van der Waals surface area contributed by atoms with Crippen LogP contribution < -0.4 is 9.47 Å². The fraction of sp³-hybridized carbons (Fsp3) is 0.250. The van der Waals surface area contributed by atoms with E-state index >= 15 is 0 Å². The Morgan fingerprint density at radius 3 is 2.62 bits per heavy atom. The summed E-state index contributed by atoms with van der Waals surface area (Å²) in [7, 11) is 1.62. The number of hydrogen-bond donors (Lipinski definition) is 1. The van der Waals surface area contributed by atoms with Gasteiger partial charge in [0.15, 0.2) is 11.5 Å². The van der Waals surface area contributed by atoms with Crippen LogP contribution in [0.3, 0.4) is 0 Å². The number of imidazole rings is 1. The summed E-state index contributed by atoms with van der Waals surface area (Å²) in [5.74, 6) is 2.26. The Labute approximate surface area is 94.2 Å². The van der Waals surface area contributed by atoms with Crippen LogP contribution in [0.1, 0.15) is 11.5 Å². The molecule has 84 valence electrons. The molecule has 1 aromatic carbocycles. The van der Waals surface area contributed by atoms with Gasteiger partial charge in [0, 0.05) is 11.9 Å². The highest BCUT2D eigenvalue weighted by atomic mass is 16.5. The Morgan fingerprint density at radius 2 is 2.00 bits per heavy atom. The molecule has 2 rings (SSSR count). The lowest BCUT2D eigenvalue weighted by Crippen LogP contribution is -1.99. The quantitative estimate of drug-likeness (QED) is 0.856. The van der Waals surface area contributed by atoms with Gasteiger partial charge < -0.3 is 14.5 Å². The van der Waals surface area contributed by atoms with E-state index in [1.807, 2.05) is 31.2 Å². The van der Waals surface area contributed by atoms with Crippen molar-refractivity contribution in [3.05, 3.63) is 42.0 Å². The monoisotopic (exact) mass is 218 g/mol. The number of aromatic amines is 1. The molecule has 0 radical (unpaired) electrons. The van der Waals surface area contributed by atoms with Crippen molar-refractivity contribution in [2.45, 2.75) is 13.5 Å². The lowest BCUT2D eigenvalue weighted by atomic mass is 10.3. The molecule has 0 atom stereocenters. The number of ether oxygens (including phenoxy) is 2. The van der Waals surface area contributed by atoms with Crippen LogP contribution in [0.5, 0.6) is 11.5 Å². The van der Waals surface area contributed by atoms with Gasteiger partial charge in [-0.2, -0.15) is 0 Å². The van der Waals surface area contributed by atoms with Gasteiger partial charge in [0.2, 0.25) is 0 Å². The summed E-state index contributed by atoms with van der Waals surface area (Å²) in [4.78, 5) is 7.27. The number of para-hydroxylation sites is 2. The van der Waals surface area contributed by atoms with E-state index in [0.29, 0.717) is 6.61 Å². The molecule has 0 bridgehead atoms. The second-order valence-electron chi connectivity index (χ2n) is 3.45. The molecule has 0 spiro atoms. The summed E-state index contributed by atoms with van der Waals surface area (Å²) in [5, 5.41) is 0. The molecule has 0 fully saturated rings. The summed E-state index contributed by atoms with van der Waals surface area (Å²) >= 11 is 0. The Balaban J connectivity index is 2.04. The van der Waals surface area contributed by atoms with E-state index in [1.165, 1.54) is 0 Å². The second-order valence-corrected chi connectivity index (χ2v) is 3.45. The maximum Gasteiger partial charge on any atom is 0.161 e. The molecule has 0 saturated carbocycles. The van der Waals surface area contributed by atoms with Crippen LogP contribution in [0.25, 0.3) is 0 Å². The van der Waals surface area contributed by atoms with Crippen molar-refractivity contribution in [3.63, 3.8) is 0 Å². The van der Waals surface area contributed by atoms with Crippen LogP contribution >= 0.6 is 0 Å². The zero-order valence-corrected chi connectivity index (χ0v) is 9.36. The largest absolute Gasteiger partial charge is 0.493 e. The lowest BCUT2D eigenvalue weighted by molar-refractivity contribution is 0.277. The number of methoxy groups -OCH3 is 1. The maximum absolute atomic E-state index is 5.61. The van der Waals surface area contributed by atoms with E-state index in [9.17, 15) is 0 Å². The molecule has 4 heteroatoms. The predicted octanol–water partition coefficient (Wildman–Crippen LogP) is 2.31. The summed E-state index contributed by atoms with van der Waals surface area (Å²) in [6, 6.07) is 7.55. The zero-order valence-electron chi connectivity index (χ0n) is 9.36. The van der Waals surface area contributed by atoms with Crippen molar-refractivity contribution in [3.8, 4) is 11.5 Å². The SMILES string of the molecule is COc1ccccc1OCc1ncc(C)[nH]1. The average molecular weight is 218 g/mol. The lowest BCUT2D eigenvalue weighted by Gasteiger charge is -2.08. The molecule has 0 amide bonds. The normalized spacial score (nSPS) is 10.1. The molecule has 0 saturated heterocycles. The van der Waals surface area contributed by atoms with E-state index in [-0.39, 0.29) is 0 Å². The van der Waals surface area contributed by atoms with E-state index in [1.54, 1.807) is 13.3 Å². The van der Waals surface area contributed by atoms with E-state index in [0.717, 1.165) is 23.0 Å². The minimum absolute atomic E-state index is 0.411. The predicted molar refractivity (Wildman–Crippen MR) is 60.7 cm³/mol. The van der Waals surface area contributed by atoms with E-state index in [2.05, 4.69) is 9.97 Å². The number of hydrogen-bond acceptors (Lipinski definition) is 3. The smallest absolute Gasteiger partial charge is 0.161 e. The first-order valence-corrected chi connectivity index (χ1v) is 5.06. The standard InChI is InChI=1S/C12H14N2O2/c1-9-7-13-12(14-9)8-16-11-6-4-3-5-10(11)15-2/h3-7H,8H2,1-2H3,(H,13,14). The van der Waals surface area contributed by atoms with Crippen molar-refractivity contribution in [1.82, 2.24) is 9.97 Å². The summed E-state index contributed by atoms with van der Waals surface area (Å²) in [5.41, 5.74) is 1.03.